The van der Waals surface area contributed by atoms with Crippen molar-refractivity contribution >= 4 is 23.7 Å². The molecule has 0 saturated heterocycles. The van der Waals surface area contributed by atoms with Crippen LogP contribution in [0.5, 0.6) is 5.75 Å². The standard InChI is InChI=1S/C15H15NOS/c1-11-6-5-8-14(17)12(11)10-16-13-7-3-4-9-15(13)18-2/h3-10,17H,1-2H3. The van der Waals surface area contributed by atoms with E-state index in [0.29, 0.717) is 0 Å². The van der Waals surface area contributed by atoms with Crippen molar-refractivity contribution in [2.75, 3.05) is 6.26 Å². The van der Waals surface area contributed by atoms with Gasteiger partial charge in [-0.2, -0.15) is 0 Å². The molecule has 0 fully saturated rings. The molecule has 3 heteroatoms. The molecule has 92 valence electrons. The Kier molecular flexibility index (Phi) is 4.05. The molecule has 1 N–H and O–H groups in total. The third-order valence-electron chi connectivity index (χ3n) is 2.72. The van der Waals surface area contributed by atoms with Crippen LogP contribution in [0.2, 0.25) is 0 Å². The largest absolute Gasteiger partial charge is 0.507 e. The first-order valence-corrected chi connectivity index (χ1v) is 6.90. The summed E-state index contributed by atoms with van der Waals surface area (Å²) in [4.78, 5) is 5.59. The first-order chi connectivity index (χ1) is 8.72. The molecule has 0 aliphatic carbocycles. The predicted molar refractivity (Wildman–Crippen MR) is 78.3 cm³/mol. The Morgan fingerprint density at radius 2 is 1.89 bits per heavy atom. The van der Waals surface area contributed by atoms with Crippen LogP contribution in [0.4, 0.5) is 5.69 Å². The van der Waals surface area contributed by atoms with E-state index in [9.17, 15) is 5.11 Å². The highest BCUT2D eigenvalue weighted by atomic mass is 32.2. The molecule has 2 nitrogen and oxygen atoms in total. The summed E-state index contributed by atoms with van der Waals surface area (Å²) in [5.41, 5.74) is 2.71. The Balaban J connectivity index is 2.36. The fraction of sp³-hybridized carbons (Fsp3) is 0.133. The molecular weight excluding hydrogens is 242 g/mol. The van der Waals surface area contributed by atoms with E-state index < -0.39 is 0 Å². The highest BCUT2D eigenvalue weighted by molar-refractivity contribution is 7.98. The summed E-state index contributed by atoms with van der Waals surface area (Å²) in [5, 5.41) is 9.80. The molecule has 0 unspecified atom stereocenters. The molecule has 18 heavy (non-hydrogen) atoms. The number of hydrogen-bond acceptors (Lipinski definition) is 3. The molecule has 2 aromatic rings. The maximum atomic E-state index is 9.80. The Morgan fingerprint density at radius 1 is 1.11 bits per heavy atom. The van der Waals surface area contributed by atoms with Gasteiger partial charge in [-0.05, 0) is 36.9 Å². The quantitative estimate of drug-likeness (QED) is 0.661. The van der Waals surface area contributed by atoms with E-state index in [4.69, 9.17) is 0 Å². The lowest BCUT2D eigenvalue weighted by atomic mass is 10.1. The zero-order valence-electron chi connectivity index (χ0n) is 10.4. The van der Waals surface area contributed by atoms with E-state index in [1.54, 1.807) is 24.0 Å². The van der Waals surface area contributed by atoms with Crippen LogP contribution in [-0.4, -0.2) is 17.6 Å². The topological polar surface area (TPSA) is 32.6 Å². The van der Waals surface area contributed by atoms with Crippen LogP contribution < -0.4 is 0 Å². The lowest BCUT2D eigenvalue weighted by Crippen LogP contribution is -1.87. The summed E-state index contributed by atoms with van der Waals surface area (Å²) in [6, 6.07) is 13.4. The third-order valence-corrected chi connectivity index (χ3v) is 3.50. The number of nitrogens with zero attached hydrogens (tertiary/aromatic N) is 1. The van der Waals surface area contributed by atoms with Crippen molar-refractivity contribution in [3.63, 3.8) is 0 Å². The van der Waals surface area contributed by atoms with E-state index >= 15 is 0 Å². The Hall–Kier alpha value is -1.74. The first-order valence-electron chi connectivity index (χ1n) is 5.68. The maximum Gasteiger partial charge on any atom is 0.124 e. The van der Waals surface area contributed by atoms with Crippen molar-refractivity contribution < 1.29 is 5.11 Å². The predicted octanol–water partition coefficient (Wildman–Crippen LogP) is 4.17. The van der Waals surface area contributed by atoms with Gasteiger partial charge in [-0.25, -0.2) is 0 Å². The van der Waals surface area contributed by atoms with Crippen molar-refractivity contribution in [3.05, 3.63) is 53.6 Å². The molecule has 0 bridgehead atoms. The highest BCUT2D eigenvalue weighted by Gasteiger charge is 2.02. The molecule has 0 radical (unpaired) electrons. The van der Waals surface area contributed by atoms with Gasteiger partial charge in [0.05, 0.1) is 5.69 Å². The SMILES string of the molecule is CSc1ccccc1N=Cc1c(C)cccc1O. The first kappa shape index (κ1) is 12.7. The minimum atomic E-state index is 0.264. The van der Waals surface area contributed by atoms with Gasteiger partial charge in [0, 0.05) is 16.7 Å². The van der Waals surface area contributed by atoms with Gasteiger partial charge in [0.2, 0.25) is 0 Å². The van der Waals surface area contributed by atoms with Gasteiger partial charge in [0.1, 0.15) is 5.75 Å². The number of phenols is 1. The molecule has 2 aromatic carbocycles. The molecule has 0 spiro atoms. The molecule has 0 atom stereocenters. The van der Waals surface area contributed by atoms with Crippen molar-refractivity contribution in [1.29, 1.82) is 0 Å². The Morgan fingerprint density at radius 3 is 2.61 bits per heavy atom. The lowest BCUT2D eigenvalue weighted by Gasteiger charge is -2.04. The molecule has 0 amide bonds. The zero-order valence-corrected chi connectivity index (χ0v) is 11.2. The minimum absolute atomic E-state index is 0.264. The Labute approximate surface area is 111 Å². The normalized spacial score (nSPS) is 11.0. The van der Waals surface area contributed by atoms with Crippen LogP contribution in [0.3, 0.4) is 0 Å². The summed E-state index contributed by atoms with van der Waals surface area (Å²) in [6.45, 7) is 1.96. The number of rotatable bonds is 3. The zero-order chi connectivity index (χ0) is 13.0. The van der Waals surface area contributed by atoms with Gasteiger partial charge in [-0.3, -0.25) is 4.99 Å². The number of aryl methyl sites for hydroxylation is 1. The third kappa shape index (κ3) is 2.74. The number of phenolic OH excluding ortho intramolecular Hbond substituents is 1. The summed E-state index contributed by atoms with van der Waals surface area (Å²) < 4.78 is 0. The van der Waals surface area contributed by atoms with E-state index in [0.717, 1.165) is 21.7 Å². The number of aliphatic imine (C=N–C) groups is 1. The van der Waals surface area contributed by atoms with Crippen LogP contribution >= 0.6 is 11.8 Å². The average molecular weight is 257 g/mol. The van der Waals surface area contributed by atoms with Crippen LogP contribution in [-0.2, 0) is 0 Å². The second-order valence-electron chi connectivity index (χ2n) is 3.94. The lowest BCUT2D eigenvalue weighted by molar-refractivity contribution is 0.474. The number of benzene rings is 2. The number of aromatic hydroxyl groups is 1. The fourth-order valence-corrected chi connectivity index (χ4v) is 2.25. The average Bonchev–Trinajstić information content (AvgIpc) is 2.38. The van der Waals surface area contributed by atoms with Crippen LogP contribution in [0.1, 0.15) is 11.1 Å². The van der Waals surface area contributed by atoms with E-state index in [-0.39, 0.29) is 5.75 Å². The second-order valence-corrected chi connectivity index (χ2v) is 4.79. The van der Waals surface area contributed by atoms with Crippen LogP contribution in [0, 0.1) is 6.92 Å². The van der Waals surface area contributed by atoms with Crippen LogP contribution in [0.25, 0.3) is 0 Å². The van der Waals surface area contributed by atoms with Gasteiger partial charge < -0.3 is 5.11 Å². The van der Waals surface area contributed by atoms with Crippen molar-refractivity contribution in [2.45, 2.75) is 11.8 Å². The van der Waals surface area contributed by atoms with Gasteiger partial charge in [0.25, 0.3) is 0 Å². The summed E-state index contributed by atoms with van der Waals surface area (Å²) >= 11 is 1.66. The number of thioether (sulfide) groups is 1. The van der Waals surface area contributed by atoms with Gasteiger partial charge in [-0.1, -0.05) is 24.3 Å². The van der Waals surface area contributed by atoms with Gasteiger partial charge in [0.15, 0.2) is 0 Å². The molecule has 0 aliphatic heterocycles. The van der Waals surface area contributed by atoms with Crippen LogP contribution in [0.15, 0.2) is 52.4 Å². The fourth-order valence-electron chi connectivity index (χ4n) is 1.70. The monoisotopic (exact) mass is 257 g/mol. The molecular formula is C15H15NOS. The summed E-state index contributed by atoms with van der Waals surface area (Å²) in [5.74, 6) is 0.264. The highest BCUT2D eigenvalue weighted by Crippen LogP contribution is 2.28. The number of para-hydroxylation sites is 1. The molecule has 0 aromatic heterocycles. The summed E-state index contributed by atoms with van der Waals surface area (Å²) in [7, 11) is 0. The van der Waals surface area contributed by atoms with Crippen molar-refractivity contribution in [3.8, 4) is 5.75 Å². The Bertz CT molecular complexity index is 558. The van der Waals surface area contributed by atoms with E-state index in [1.165, 1.54) is 0 Å². The van der Waals surface area contributed by atoms with Crippen molar-refractivity contribution in [2.24, 2.45) is 4.99 Å². The smallest absolute Gasteiger partial charge is 0.124 e. The van der Waals surface area contributed by atoms with Gasteiger partial charge >= 0.3 is 0 Å². The maximum absolute atomic E-state index is 9.80. The second kappa shape index (κ2) is 5.74. The molecule has 2 rings (SSSR count). The van der Waals surface area contributed by atoms with E-state index in [1.807, 2.05) is 49.6 Å². The van der Waals surface area contributed by atoms with Gasteiger partial charge in [-0.15, -0.1) is 11.8 Å². The molecule has 0 heterocycles. The minimum Gasteiger partial charge on any atom is -0.507 e. The molecule has 0 aliphatic rings. The van der Waals surface area contributed by atoms with E-state index in [2.05, 4.69) is 4.99 Å². The summed E-state index contributed by atoms with van der Waals surface area (Å²) in [6.07, 6.45) is 3.75. The molecule has 0 saturated carbocycles. The van der Waals surface area contributed by atoms with Crippen molar-refractivity contribution in [1.82, 2.24) is 0 Å². The number of hydrogen-bond donors (Lipinski definition) is 1.